The summed E-state index contributed by atoms with van der Waals surface area (Å²) in [5, 5.41) is 0. The SMILES string of the molecule is COC(=O)c1cnc(F)c(OC)c1C(F)F. The van der Waals surface area contributed by atoms with Gasteiger partial charge in [-0.2, -0.15) is 4.39 Å². The molecule has 4 nitrogen and oxygen atoms in total. The molecule has 1 rings (SSSR count). The van der Waals surface area contributed by atoms with E-state index in [4.69, 9.17) is 0 Å². The number of nitrogens with zero attached hydrogens (tertiary/aromatic N) is 1. The number of ether oxygens (including phenoxy) is 2. The molecule has 0 unspecified atom stereocenters. The number of aromatic nitrogens is 1. The highest BCUT2D eigenvalue weighted by Crippen LogP contribution is 2.33. The Morgan fingerprint density at radius 2 is 2.06 bits per heavy atom. The van der Waals surface area contributed by atoms with Gasteiger partial charge < -0.3 is 9.47 Å². The molecule has 0 bridgehead atoms. The third-order valence-electron chi connectivity index (χ3n) is 1.86. The highest BCUT2D eigenvalue weighted by molar-refractivity contribution is 5.91. The second kappa shape index (κ2) is 4.82. The van der Waals surface area contributed by atoms with Crippen molar-refractivity contribution in [3.05, 3.63) is 23.3 Å². The number of halogens is 3. The maximum Gasteiger partial charge on any atom is 0.340 e. The number of alkyl halides is 2. The van der Waals surface area contributed by atoms with Crippen molar-refractivity contribution >= 4 is 5.97 Å². The first-order valence-corrected chi connectivity index (χ1v) is 4.11. The van der Waals surface area contributed by atoms with Crippen molar-refractivity contribution in [1.82, 2.24) is 4.98 Å². The fourth-order valence-electron chi connectivity index (χ4n) is 1.17. The Bertz CT molecular complexity index is 409. The topological polar surface area (TPSA) is 48.4 Å². The molecule has 0 amide bonds. The van der Waals surface area contributed by atoms with Gasteiger partial charge in [0.25, 0.3) is 12.4 Å². The lowest BCUT2D eigenvalue weighted by atomic mass is 10.1. The molecule has 0 N–H and O–H groups in total. The standard InChI is InChI=1S/C9H8F3NO3/c1-15-6-5(7(10)11)4(9(14)16-2)3-13-8(6)12/h3,7H,1-2H3. The number of rotatable bonds is 3. The van der Waals surface area contributed by atoms with E-state index in [0.29, 0.717) is 6.20 Å². The molecular formula is C9H8F3NO3. The number of esters is 1. The Morgan fingerprint density at radius 1 is 1.44 bits per heavy atom. The number of hydrogen-bond acceptors (Lipinski definition) is 4. The maximum atomic E-state index is 13.0. The molecule has 1 aromatic rings. The largest absolute Gasteiger partial charge is 0.492 e. The number of hydrogen-bond donors (Lipinski definition) is 0. The van der Waals surface area contributed by atoms with Gasteiger partial charge in [0.05, 0.1) is 25.3 Å². The van der Waals surface area contributed by atoms with Crippen LogP contribution in [0.25, 0.3) is 0 Å². The highest BCUT2D eigenvalue weighted by Gasteiger charge is 2.27. The summed E-state index contributed by atoms with van der Waals surface area (Å²) in [6, 6.07) is 0. The zero-order valence-corrected chi connectivity index (χ0v) is 8.46. The second-order valence-corrected chi connectivity index (χ2v) is 2.70. The van der Waals surface area contributed by atoms with Crippen LogP contribution in [0.3, 0.4) is 0 Å². The second-order valence-electron chi connectivity index (χ2n) is 2.70. The molecule has 0 radical (unpaired) electrons. The van der Waals surface area contributed by atoms with E-state index >= 15 is 0 Å². The summed E-state index contributed by atoms with van der Waals surface area (Å²) in [6.45, 7) is 0. The predicted molar refractivity (Wildman–Crippen MR) is 47.0 cm³/mol. The molecule has 16 heavy (non-hydrogen) atoms. The molecule has 0 saturated carbocycles. The van der Waals surface area contributed by atoms with Crippen molar-refractivity contribution in [2.45, 2.75) is 6.43 Å². The van der Waals surface area contributed by atoms with Crippen molar-refractivity contribution in [1.29, 1.82) is 0 Å². The lowest BCUT2D eigenvalue weighted by molar-refractivity contribution is 0.0586. The average molecular weight is 235 g/mol. The van der Waals surface area contributed by atoms with Crippen LogP contribution < -0.4 is 4.74 Å². The average Bonchev–Trinajstić information content (AvgIpc) is 2.27. The van der Waals surface area contributed by atoms with Gasteiger partial charge in [-0.25, -0.2) is 18.6 Å². The van der Waals surface area contributed by atoms with Crippen molar-refractivity contribution < 1.29 is 27.4 Å². The summed E-state index contributed by atoms with van der Waals surface area (Å²) < 4.78 is 47.1. The van der Waals surface area contributed by atoms with Gasteiger partial charge in [0.2, 0.25) is 0 Å². The molecule has 0 fully saturated rings. The zero-order chi connectivity index (χ0) is 12.3. The van der Waals surface area contributed by atoms with Crippen LogP contribution >= 0.6 is 0 Å². The van der Waals surface area contributed by atoms with Crippen LogP contribution in [0.5, 0.6) is 5.75 Å². The van der Waals surface area contributed by atoms with Crippen LogP contribution in [-0.4, -0.2) is 25.2 Å². The van der Waals surface area contributed by atoms with Crippen molar-refractivity contribution in [3.63, 3.8) is 0 Å². The van der Waals surface area contributed by atoms with E-state index in [9.17, 15) is 18.0 Å². The quantitative estimate of drug-likeness (QED) is 0.593. The number of methoxy groups -OCH3 is 2. The van der Waals surface area contributed by atoms with Crippen LogP contribution in [0.2, 0.25) is 0 Å². The summed E-state index contributed by atoms with van der Waals surface area (Å²) in [5.41, 5.74) is -1.38. The first kappa shape index (κ1) is 12.3. The minimum atomic E-state index is -3.07. The molecule has 0 spiro atoms. The van der Waals surface area contributed by atoms with Gasteiger partial charge >= 0.3 is 5.97 Å². The minimum absolute atomic E-state index is 0.518. The predicted octanol–water partition coefficient (Wildman–Crippen LogP) is 1.95. The number of carbonyl (C=O) groups is 1. The Labute approximate surface area is 89.0 Å². The molecule has 88 valence electrons. The van der Waals surface area contributed by atoms with E-state index in [1.807, 2.05) is 0 Å². The molecule has 0 aliphatic carbocycles. The van der Waals surface area contributed by atoms with E-state index in [1.54, 1.807) is 0 Å². The van der Waals surface area contributed by atoms with Crippen molar-refractivity contribution in [2.24, 2.45) is 0 Å². The lowest BCUT2D eigenvalue weighted by Crippen LogP contribution is -2.10. The molecule has 0 aromatic carbocycles. The van der Waals surface area contributed by atoms with E-state index in [1.165, 1.54) is 0 Å². The van der Waals surface area contributed by atoms with Crippen molar-refractivity contribution in [2.75, 3.05) is 14.2 Å². The van der Waals surface area contributed by atoms with E-state index < -0.39 is 35.2 Å². The third kappa shape index (κ3) is 2.07. The van der Waals surface area contributed by atoms with Crippen LogP contribution in [0.4, 0.5) is 13.2 Å². The van der Waals surface area contributed by atoms with Crippen LogP contribution in [-0.2, 0) is 4.74 Å². The summed E-state index contributed by atoms with van der Waals surface area (Å²) in [5.74, 6) is -2.98. The molecule has 1 aromatic heterocycles. The summed E-state index contributed by atoms with van der Waals surface area (Å²) in [4.78, 5) is 14.3. The monoisotopic (exact) mass is 235 g/mol. The first-order valence-electron chi connectivity index (χ1n) is 4.11. The van der Waals surface area contributed by atoms with E-state index in [2.05, 4.69) is 14.5 Å². The van der Waals surface area contributed by atoms with Gasteiger partial charge in [-0.3, -0.25) is 0 Å². The summed E-state index contributed by atoms with van der Waals surface area (Å²) >= 11 is 0. The van der Waals surface area contributed by atoms with Gasteiger partial charge in [-0.1, -0.05) is 0 Å². The highest BCUT2D eigenvalue weighted by atomic mass is 19.3. The van der Waals surface area contributed by atoms with E-state index in [-0.39, 0.29) is 0 Å². The van der Waals surface area contributed by atoms with Gasteiger partial charge in [0, 0.05) is 6.20 Å². The Kier molecular flexibility index (Phi) is 3.70. The van der Waals surface area contributed by atoms with Crippen LogP contribution in [0.15, 0.2) is 6.20 Å². The molecule has 0 aliphatic heterocycles. The molecule has 1 heterocycles. The zero-order valence-electron chi connectivity index (χ0n) is 8.46. The first-order chi connectivity index (χ1) is 7.52. The smallest absolute Gasteiger partial charge is 0.340 e. The molecule has 0 saturated heterocycles. The number of carbonyl (C=O) groups excluding carboxylic acids is 1. The Hall–Kier alpha value is -1.79. The van der Waals surface area contributed by atoms with Crippen LogP contribution in [0, 0.1) is 5.95 Å². The van der Waals surface area contributed by atoms with Crippen LogP contribution in [0.1, 0.15) is 22.3 Å². The summed E-state index contributed by atoms with van der Waals surface area (Å²) in [6.07, 6.45) is -2.38. The normalized spacial score (nSPS) is 10.4. The molecular weight excluding hydrogens is 227 g/mol. The lowest BCUT2D eigenvalue weighted by Gasteiger charge is -2.11. The van der Waals surface area contributed by atoms with Gasteiger partial charge in [-0.15, -0.1) is 0 Å². The Morgan fingerprint density at radius 3 is 2.50 bits per heavy atom. The fourth-order valence-corrected chi connectivity index (χ4v) is 1.17. The van der Waals surface area contributed by atoms with Gasteiger partial charge in [0.1, 0.15) is 0 Å². The van der Waals surface area contributed by atoms with Gasteiger partial charge in [-0.05, 0) is 0 Å². The Balaban J connectivity index is 3.45. The number of pyridine rings is 1. The minimum Gasteiger partial charge on any atom is -0.492 e. The fraction of sp³-hybridized carbons (Fsp3) is 0.333. The van der Waals surface area contributed by atoms with Gasteiger partial charge in [0.15, 0.2) is 5.75 Å². The van der Waals surface area contributed by atoms with E-state index in [0.717, 1.165) is 14.2 Å². The molecule has 7 heteroatoms. The molecule has 0 aliphatic rings. The molecule has 0 atom stereocenters. The maximum absolute atomic E-state index is 13.0. The van der Waals surface area contributed by atoms with Crippen molar-refractivity contribution in [3.8, 4) is 5.75 Å². The third-order valence-corrected chi connectivity index (χ3v) is 1.86. The summed E-state index contributed by atoms with van der Waals surface area (Å²) in [7, 11) is 2.03.